The Balaban J connectivity index is 2.53. The van der Waals surface area contributed by atoms with E-state index in [4.69, 9.17) is 9.84 Å². The first kappa shape index (κ1) is 11.8. The van der Waals surface area contributed by atoms with Crippen LogP contribution in [0.5, 0.6) is 0 Å². The molecule has 0 saturated carbocycles. The number of allylic oxidation sites excluding steroid dienone is 1. The number of rotatable bonds is 2. The molecule has 84 valence electrons. The van der Waals surface area contributed by atoms with Crippen LogP contribution in [-0.2, 0) is 14.3 Å². The number of hydrogen-bond acceptors (Lipinski definition) is 3. The molecule has 0 fully saturated rings. The van der Waals surface area contributed by atoms with E-state index < -0.39 is 5.97 Å². The van der Waals surface area contributed by atoms with Crippen molar-refractivity contribution in [3.05, 3.63) is 12.2 Å². The highest BCUT2D eigenvalue weighted by Gasteiger charge is 2.20. The third-order valence-corrected chi connectivity index (χ3v) is 2.50. The minimum atomic E-state index is -0.758. The van der Waals surface area contributed by atoms with Gasteiger partial charge in [-0.1, -0.05) is 6.08 Å². The number of carboxylic acids is 1. The van der Waals surface area contributed by atoms with E-state index in [-0.39, 0.29) is 18.0 Å². The average molecular weight is 212 g/mol. The fraction of sp³-hybridized carbons (Fsp3) is 0.636. The van der Waals surface area contributed by atoms with Crippen molar-refractivity contribution >= 4 is 11.9 Å². The van der Waals surface area contributed by atoms with E-state index in [9.17, 15) is 9.59 Å². The summed E-state index contributed by atoms with van der Waals surface area (Å²) >= 11 is 0. The zero-order valence-electron chi connectivity index (χ0n) is 8.81. The molecule has 0 saturated heterocycles. The number of carbonyl (C=O) groups is 2. The summed E-state index contributed by atoms with van der Waals surface area (Å²) in [6.45, 7) is 1.36. The van der Waals surface area contributed by atoms with E-state index in [2.05, 4.69) is 0 Å². The molecule has 15 heavy (non-hydrogen) atoms. The van der Waals surface area contributed by atoms with Gasteiger partial charge < -0.3 is 9.84 Å². The average Bonchev–Trinajstić information content (AvgIpc) is 2.08. The lowest BCUT2D eigenvalue weighted by atomic mass is 9.93. The van der Waals surface area contributed by atoms with Crippen molar-refractivity contribution in [2.45, 2.75) is 38.7 Å². The van der Waals surface area contributed by atoms with Gasteiger partial charge in [-0.2, -0.15) is 0 Å². The summed E-state index contributed by atoms with van der Waals surface area (Å²) in [7, 11) is 0. The van der Waals surface area contributed by atoms with Crippen molar-refractivity contribution in [2.75, 3.05) is 0 Å². The molecule has 0 radical (unpaired) electrons. The van der Waals surface area contributed by atoms with Gasteiger partial charge in [-0.05, 0) is 31.8 Å². The number of aliphatic carboxylic acids is 1. The summed E-state index contributed by atoms with van der Waals surface area (Å²) < 4.78 is 5.04. The van der Waals surface area contributed by atoms with Crippen LogP contribution in [0.1, 0.15) is 32.6 Å². The lowest BCUT2D eigenvalue weighted by Crippen LogP contribution is -2.20. The number of carboxylic acid groups (broad SMARTS) is 1. The van der Waals surface area contributed by atoms with Crippen LogP contribution < -0.4 is 0 Å². The Bertz CT molecular complexity index is 270. The topological polar surface area (TPSA) is 63.6 Å². The monoisotopic (exact) mass is 212 g/mol. The summed E-state index contributed by atoms with van der Waals surface area (Å²) in [6, 6.07) is 0. The molecule has 1 rings (SSSR count). The predicted molar refractivity (Wildman–Crippen MR) is 54.3 cm³/mol. The van der Waals surface area contributed by atoms with Gasteiger partial charge in [0.2, 0.25) is 0 Å². The zero-order valence-corrected chi connectivity index (χ0v) is 8.81. The number of ether oxygens (including phenoxy) is 1. The summed E-state index contributed by atoms with van der Waals surface area (Å²) in [5, 5.41) is 8.89. The van der Waals surface area contributed by atoms with Gasteiger partial charge in [-0.25, -0.2) is 0 Å². The maximum atomic E-state index is 10.8. The normalized spacial score (nSPS) is 28.6. The second-order valence-electron chi connectivity index (χ2n) is 3.77. The van der Waals surface area contributed by atoms with Crippen LogP contribution in [0.2, 0.25) is 0 Å². The van der Waals surface area contributed by atoms with Gasteiger partial charge in [0.05, 0.1) is 5.92 Å². The fourth-order valence-corrected chi connectivity index (χ4v) is 1.71. The Labute approximate surface area is 88.9 Å². The van der Waals surface area contributed by atoms with Crippen LogP contribution >= 0.6 is 0 Å². The van der Waals surface area contributed by atoms with E-state index in [0.29, 0.717) is 19.3 Å². The molecule has 0 amide bonds. The first-order chi connectivity index (χ1) is 7.09. The van der Waals surface area contributed by atoms with Gasteiger partial charge in [0.1, 0.15) is 6.10 Å². The summed E-state index contributed by atoms with van der Waals surface area (Å²) in [5.41, 5.74) is 0. The van der Waals surface area contributed by atoms with Gasteiger partial charge in [0.25, 0.3) is 0 Å². The molecular weight excluding hydrogens is 196 g/mol. The van der Waals surface area contributed by atoms with Crippen LogP contribution in [0.25, 0.3) is 0 Å². The van der Waals surface area contributed by atoms with Crippen molar-refractivity contribution in [1.82, 2.24) is 0 Å². The van der Waals surface area contributed by atoms with Gasteiger partial charge in [-0.3, -0.25) is 9.59 Å². The van der Waals surface area contributed by atoms with Gasteiger partial charge >= 0.3 is 11.9 Å². The van der Waals surface area contributed by atoms with Crippen LogP contribution in [-0.4, -0.2) is 23.1 Å². The van der Waals surface area contributed by atoms with Crippen LogP contribution in [0, 0.1) is 5.92 Å². The van der Waals surface area contributed by atoms with Crippen molar-refractivity contribution in [2.24, 2.45) is 5.92 Å². The molecular formula is C11H16O4. The highest BCUT2D eigenvalue weighted by Crippen LogP contribution is 2.20. The molecule has 0 spiro atoms. The fourth-order valence-electron chi connectivity index (χ4n) is 1.71. The van der Waals surface area contributed by atoms with Crippen molar-refractivity contribution in [3.8, 4) is 0 Å². The second kappa shape index (κ2) is 5.53. The molecule has 0 aromatic carbocycles. The number of carbonyl (C=O) groups excluding carboxylic acids is 1. The maximum Gasteiger partial charge on any atom is 0.306 e. The van der Waals surface area contributed by atoms with Crippen LogP contribution in [0.3, 0.4) is 0 Å². The predicted octanol–water partition coefficient (Wildman–Crippen LogP) is 1.75. The smallest absolute Gasteiger partial charge is 0.306 e. The molecule has 1 aliphatic rings. The summed E-state index contributed by atoms with van der Waals surface area (Å²) in [6.07, 6.45) is 6.03. The first-order valence-electron chi connectivity index (χ1n) is 5.16. The highest BCUT2D eigenvalue weighted by molar-refractivity contribution is 5.70. The first-order valence-corrected chi connectivity index (χ1v) is 5.16. The number of hydrogen-bond donors (Lipinski definition) is 1. The summed E-state index contributed by atoms with van der Waals surface area (Å²) in [4.78, 5) is 21.6. The minimum Gasteiger partial charge on any atom is -0.481 e. The molecule has 0 heterocycles. The lowest BCUT2D eigenvalue weighted by Gasteiger charge is -2.18. The molecule has 0 aromatic rings. The van der Waals surface area contributed by atoms with E-state index in [0.717, 1.165) is 6.42 Å². The highest BCUT2D eigenvalue weighted by atomic mass is 16.5. The minimum absolute atomic E-state index is 0.260. The third kappa shape index (κ3) is 4.14. The quantitative estimate of drug-likeness (QED) is 0.559. The van der Waals surface area contributed by atoms with Crippen molar-refractivity contribution < 1.29 is 19.4 Å². The van der Waals surface area contributed by atoms with Crippen LogP contribution in [0.4, 0.5) is 0 Å². The van der Waals surface area contributed by atoms with E-state index in [1.807, 2.05) is 12.2 Å². The van der Waals surface area contributed by atoms with E-state index in [1.165, 1.54) is 6.92 Å². The maximum absolute atomic E-state index is 10.8. The van der Waals surface area contributed by atoms with E-state index >= 15 is 0 Å². The molecule has 2 atom stereocenters. The third-order valence-electron chi connectivity index (χ3n) is 2.50. The largest absolute Gasteiger partial charge is 0.481 e. The Morgan fingerprint density at radius 3 is 2.67 bits per heavy atom. The standard InChI is InChI=1S/C11H16O4/c1-8(12)15-10-5-3-2-4-9(6-7-10)11(13)14/h3,5,9-10H,2,4,6-7H2,1H3,(H,13,14)/b5-3+. The molecule has 4 heteroatoms. The van der Waals surface area contributed by atoms with Crippen LogP contribution in [0.15, 0.2) is 12.2 Å². The van der Waals surface area contributed by atoms with E-state index in [1.54, 1.807) is 0 Å². The molecule has 0 aromatic heterocycles. The molecule has 0 bridgehead atoms. The Kier molecular flexibility index (Phi) is 4.34. The van der Waals surface area contributed by atoms with Gasteiger partial charge in [0, 0.05) is 6.92 Å². The Morgan fingerprint density at radius 2 is 2.07 bits per heavy atom. The molecule has 1 aliphatic carbocycles. The molecule has 4 nitrogen and oxygen atoms in total. The molecule has 2 unspecified atom stereocenters. The second-order valence-corrected chi connectivity index (χ2v) is 3.77. The number of esters is 1. The van der Waals surface area contributed by atoms with Crippen molar-refractivity contribution in [3.63, 3.8) is 0 Å². The Hall–Kier alpha value is -1.32. The van der Waals surface area contributed by atoms with Gasteiger partial charge in [-0.15, -0.1) is 0 Å². The SMILES string of the molecule is CC(=O)OC1/C=C/CCC(C(=O)O)CC1. The lowest BCUT2D eigenvalue weighted by molar-refractivity contribution is -0.145. The Morgan fingerprint density at radius 1 is 1.33 bits per heavy atom. The van der Waals surface area contributed by atoms with Crippen molar-refractivity contribution in [1.29, 1.82) is 0 Å². The van der Waals surface area contributed by atoms with Gasteiger partial charge in [0.15, 0.2) is 0 Å². The molecule has 0 aliphatic heterocycles. The molecule has 1 N–H and O–H groups in total. The summed E-state index contributed by atoms with van der Waals surface area (Å²) in [5.74, 6) is -1.39. The zero-order chi connectivity index (χ0) is 11.3.